The first-order valence-corrected chi connectivity index (χ1v) is 12.8. The largest absolute Gasteiger partial charge is 0.508 e. The Morgan fingerprint density at radius 1 is 0.947 bits per heavy atom. The summed E-state index contributed by atoms with van der Waals surface area (Å²) in [4.78, 5) is 28.6. The third kappa shape index (κ3) is 4.50. The van der Waals surface area contributed by atoms with Gasteiger partial charge in [0.15, 0.2) is 23.0 Å². The fourth-order valence-corrected chi connectivity index (χ4v) is 4.90. The normalized spacial score (nSPS) is 15.4. The second kappa shape index (κ2) is 10.3. The molecule has 38 heavy (non-hydrogen) atoms. The summed E-state index contributed by atoms with van der Waals surface area (Å²) < 4.78 is 18.0. The van der Waals surface area contributed by atoms with E-state index in [1.807, 2.05) is 19.9 Å². The Labute approximate surface area is 226 Å². The predicted molar refractivity (Wildman–Crippen MR) is 145 cm³/mol. The number of nitrogens with zero attached hydrogens (tertiary/aromatic N) is 1. The van der Waals surface area contributed by atoms with Gasteiger partial charge in [0.05, 0.1) is 24.8 Å². The van der Waals surface area contributed by atoms with Crippen LogP contribution in [-0.4, -0.2) is 35.1 Å². The molecule has 9 heteroatoms. The van der Waals surface area contributed by atoms with Crippen LogP contribution >= 0.6 is 15.9 Å². The predicted octanol–water partition coefficient (Wildman–Crippen LogP) is 6.48. The highest BCUT2D eigenvalue weighted by Crippen LogP contribution is 2.44. The molecular weight excluding hydrogens is 554 g/mol. The van der Waals surface area contributed by atoms with E-state index in [4.69, 9.17) is 13.9 Å². The maximum Gasteiger partial charge on any atom is 0.294 e. The molecule has 4 aromatic rings. The van der Waals surface area contributed by atoms with Gasteiger partial charge >= 0.3 is 0 Å². The molecule has 2 heterocycles. The second-order valence-electron chi connectivity index (χ2n) is 8.55. The molecule has 194 valence electrons. The highest BCUT2D eigenvalue weighted by atomic mass is 79.9. The first-order chi connectivity index (χ1) is 18.3. The lowest BCUT2D eigenvalue weighted by atomic mass is 9.94. The number of ketones is 1. The maximum absolute atomic E-state index is 13.8. The number of Topliss-reactive ketones (excluding diaryl/α,β-unsaturated/α-hetero) is 1. The van der Waals surface area contributed by atoms with Crippen molar-refractivity contribution in [3.8, 4) is 17.2 Å². The Balaban J connectivity index is 1.64. The monoisotopic (exact) mass is 577 g/mol. The van der Waals surface area contributed by atoms with Gasteiger partial charge in [-0.1, -0.05) is 28.1 Å². The van der Waals surface area contributed by atoms with Crippen LogP contribution < -0.4 is 14.4 Å². The van der Waals surface area contributed by atoms with Gasteiger partial charge in [-0.15, -0.1) is 0 Å². The van der Waals surface area contributed by atoms with Crippen molar-refractivity contribution in [2.45, 2.75) is 19.9 Å². The van der Waals surface area contributed by atoms with E-state index in [2.05, 4.69) is 15.9 Å². The Hall–Kier alpha value is -4.24. The fourth-order valence-electron chi connectivity index (χ4n) is 4.52. The van der Waals surface area contributed by atoms with Crippen molar-refractivity contribution in [2.24, 2.45) is 0 Å². The second-order valence-corrected chi connectivity index (χ2v) is 9.47. The molecule has 0 aliphatic carbocycles. The number of carbonyl (C=O) groups is 2. The van der Waals surface area contributed by atoms with E-state index in [-0.39, 0.29) is 17.1 Å². The van der Waals surface area contributed by atoms with Gasteiger partial charge < -0.3 is 24.1 Å². The zero-order valence-corrected chi connectivity index (χ0v) is 22.2. The van der Waals surface area contributed by atoms with Crippen LogP contribution in [0, 0.1) is 0 Å². The maximum atomic E-state index is 13.8. The standard InChI is InChI=1S/C29H24BrNO7/c1-3-36-22-12-8-19(15-23(22)37-4-2)31-26(16-5-9-20(32)10-6-16)25(28(34)29(31)35)27(33)24-14-17-13-18(30)7-11-21(17)38-24/h5-15,26,32,34H,3-4H2,1-2H3. The van der Waals surface area contributed by atoms with Crippen molar-refractivity contribution in [2.75, 3.05) is 18.1 Å². The van der Waals surface area contributed by atoms with Crippen molar-refractivity contribution >= 4 is 44.3 Å². The van der Waals surface area contributed by atoms with Crippen LogP contribution in [0.15, 0.2) is 87.0 Å². The molecule has 1 amide bonds. The molecule has 0 bridgehead atoms. The van der Waals surface area contributed by atoms with Gasteiger partial charge in [-0.3, -0.25) is 14.5 Å². The number of phenolic OH excluding ortho intramolecular Hbond substituents is 1. The molecule has 3 aromatic carbocycles. The van der Waals surface area contributed by atoms with Crippen LogP contribution in [0.5, 0.6) is 17.2 Å². The summed E-state index contributed by atoms with van der Waals surface area (Å²) in [5, 5.41) is 21.6. The molecule has 1 atom stereocenters. The van der Waals surface area contributed by atoms with E-state index in [0.717, 1.165) is 4.47 Å². The van der Waals surface area contributed by atoms with E-state index in [0.29, 0.717) is 46.9 Å². The summed E-state index contributed by atoms with van der Waals surface area (Å²) in [6, 6.07) is 17.0. The Bertz CT molecular complexity index is 1570. The SMILES string of the molecule is CCOc1ccc(N2C(=O)C(O)=C(C(=O)c3cc4cc(Br)ccc4o3)C2c2ccc(O)cc2)cc1OCC. The van der Waals surface area contributed by atoms with Crippen LogP contribution in [0.2, 0.25) is 0 Å². The van der Waals surface area contributed by atoms with Gasteiger partial charge in [0.1, 0.15) is 11.3 Å². The quantitative estimate of drug-likeness (QED) is 0.230. The molecule has 1 aromatic heterocycles. The molecule has 0 spiro atoms. The molecule has 0 radical (unpaired) electrons. The zero-order valence-electron chi connectivity index (χ0n) is 20.6. The van der Waals surface area contributed by atoms with Crippen molar-refractivity contribution in [3.05, 3.63) is 93.9 Å². The number of halogens is 1. The number of hydrogen-bond acceptors (Lipinski definition) is 7. The lowest BCUT2D eigenvalue weighted by Crippen LogP contribution is -2.31. The van der Waals surface area contributed by atoms with Crippen LogP contribution in [0.1, 0.15) is 36.0 Å². The molecule has 0 saturated carbocycles. The van der Waals surface area contributed by atoms with E-state index >= 15 is 0 Å². The number of hydrogen-bond donors (Lipinski definition) is 2. The van der Waals surface area contributed by atoms with Gasteiger partial charge in [-0.25, -0.2) is 0 Å². The number of aliphatic hydroxyl groups is 1. The topological polar surface area (TPSA) is 109 Å². The minimum Gasteiger partial charge on any atom is -0.508 e. The summed E-state index contributed by atoms with van der Waals surface area (Å²) in [7, 11) is 0. The minimum atomic E-state index is -0.997. The van der Waals surface area contributed by atoms with Crippen LogP contribution in [-0.2, 0) is 4.79 Å². The lowest BCUT2D eigenvalue weighted by molar-refractivity contribution is -0.117. The third-order valence-electron chi connectivity index (χ3n) is 6.17. The zero-order chi connectivity index (χ0) is 27.0. The summed E-state index contributed by atoms with van der Waals surface area (Å²) in [5.74, 6) is -1.12. The molecule has 1 unspecified atom stereocenters. The number of aliphatic hydroxyl groups excluding tert-OH is 1. The van der Waals surface area contributed by atoms with E-state index in [1.54, 1.807) is 48.5 Å². The molecule has 8 nitrogen and oxygen atoms in total. The highest BCUT2D eigenvalue weighted by Gasteiger charge is 2.45. The van der Waals surface area contributed by atoms with Crippen molar-refractivity contribution < 1.29 is 33.7 Å². The number of benzene rings is 3. The Morgan fingerprint density at radius 2 is 1.66 bits per heavy atom. The number of phenols is 1. The summed E-state index contributed by atoms with van der Waals surface area (Å²) in [5.41, 5.74) is 1.26. The van der Waals surface area contributed by atoms with Crippen LogP contribution in [0.25, 0.3) is 11.0 Å². The molecular formula is C29H24BrNO7. The van der Waals surface area contributed by atoms with Gasteiger partial charge in [-0.2, -0.15) is 0 Å². The Morgan fingerprint density at radius 3 is 2.37 bits per heavy atom. The number of amides is 1. The van der Waals surface area contributed by atoms with Gasteiger partial charge in [-0.05, 0) is 67.9 Å². The van der Waals surface area contributed by atoms with Gasteiger partial charge in [0.25, 0.3) is 5.91 Å². The number of rotatable bonds is 8. The van der Waals surface area contributed by atoms with E-state index in [9.17, 15) is 19.8 Å². The number of anilines is 1. The highest BCUT2D eigenvalue weighted by molar-refractivity contribution is 9.10. The van der Waals surface area contributed by atoms with E-state index < -0.39 is 23.5 Å². The van der Waals surface area contributed by atoms with Crippen molar-refractivity contribution in [1.29, 1.82) is 0 Å². The molecule has 0 fully saturated rings. The summed E-state index contributed by atoms with van der Waals surface area (Å²) in [6.45, 7) is 4.48. The smallest absolute Gasteiger partial charge is 0.294 e. The van der Waals surface area contributed by atoms with Crippen molar-refractivity contribution in [1.82, 2.24) is 0 Å². The molecule has 5 rings (SSSR count). The van der Waals surface area contributed by atoms with Crippen LogP contribution in [0.4, 0.5) is 5.69 Å². The van der Waals surface area contributed by atoms with Gasteiger partial charge in [0, 0.05) is 21.6 Å². The van der Waals surface area contributed by atoms with Gasteiger partial charge in [0.2, 0.25) is 5.78 Å². The molecule has 2 N–H and O–H groups in total. The first kappa shape index (κ1) is 25.4. The van der Waals surface area contributed by atoms with Crippen LogP contribution in [0.3, 0.4) is 0 Å². The molecule has 1 aliphatic heterocycles. The first-order valence-electron chi connectivity index (χ1n) is 12.0. The third-order valence-corrected chi connectivity index (χ3v) is 6.66. The van der Waals surface area contributed by atoms with E-state index in [1.165, 1.54) is 17.0 Å². The number of aromatic hydroxyl groups is 1. The summed E-state index contributed by atoms with van der Waals surface area (Å²) in [6.07, 6.45) is 0. The average Bonchev–Trinajstić information content (AvgIpc) is 3.44. The number of fused-ring (bicyclic) bond motifs is 1. The molecule has 1 aliphatic rings. The number of carbonyl (C=O) groups excluding carboxylic acids is 2. The Kier molecular flexibility index (Phi) is 6.86. The number of ether oxygens (including phenoxy) is 2. The summed E-state index contributed by atoms with van der Waals surface area (Å²) >= 11 is 3.41. The number of furan rings is 1. The lowest BCUT2D eigenvalue weighted by Gasteiger charge is -2.27. The average molecular weight is 578 g/mol. The van der Waals surface area contributed by atoms with Crippen molar-refractivity contribution in [3.63, 3.8) is 0 Å². The molecule has 0 saturated heterocycles. The minimum absolute atomic E-state index is 0.0141. The fraction of sp³-hybridized carbons (Fsp3) is 0.172.